The number of halogens is 1. The fourth-order valence-corrected chi connectivity index (χ4v) is 4.41. The Bertz CT molecular complexity index is 1170. The molecule has 3 aromatic carbocycles. The molecule has 0 unspecified atom stereocenters. The fourth-order valence-electron chi connectivity index (χ4n) is 3.26. The summed E-state index contributed by atoms with van der Waals surface area (Å²) in [7, 11) is 0. The van der Waals surface area contributed by atoms with Crippen molar-refractivity contribution in [3.05, 3.63) is 89.2 Å². The first-order valence-corrected chi connectivity index (χ1v) is 10.4. The molecular weight excluding hydrogens is 399 g/mol. The number of amides is 1. The molecule has 1 heterocycles. The highest BCUT2D eigenvalue weighted by atomic mass is 32.1. The summed E-state index contributed by atoms with van der Waals surface area (Å²) in [5, 5.41) is 0.634. The van der Waals surface area contributed by atoms with E-state index < -0.39 is 0 Å². The molecule has 0 N–H and O–H groups in total. The Morgan fingerprint density at radius 3 is 2.53 bits per heavy atom. The van der Waals surface area contributed by atoms with E-state index in [-0.39, 0.29) is 18.3 Å². The van der Waals surface area contributed by atoms with Crippen LogP contribution in [0.5, 0.6) is 5.75 Å². The molecule has 1 amide bonds. The first kappa shape index (κ1) is 20.0. The van der Waals surface area contributed by atoms with Crippen molar-refractivity contribution in [1.82, 2.24) is 4.98 Å². The van der Waals surface area contributed by atoms with Crippen LogP contribution in [-0.2, 0) is 11.3 Å². The summed E-state index contributed by atoms with van der Waals surface area (Å²) < 4.78 is 19.7. The number of hydrogen-bond donors (Lipinski definition) is 0. The van der Waals surface area contributed by atoms with Crippen molar-refractivity contribution in [3.63, 3.8) is 0 Å². The van der Waals surface area contributed by atoms with Crippen molar-refractivity contribution < 1.29 is 13.9 Å². The van der Waals surface area contributed by atoms with Crippen LogP contribution in [0, 0.1) is 19.7 Å². The molecule has 0 atom stereocenters. The summed E-state index contributed by atoms with van der Waals surface area (Å²) in [5.74, 6) is -0.115. The number of aryl methyl sites for hydroxylation is 2. The quantitative estimate of drug-likeness (QED) is 0.404. The molecule has 152 valence electrons. The summed E-state index contributed by atoms with van der Waals surface area (Å²) >= 11 is 1.49. The van der Waals surface area contributed by atoms with E-state index in [1.807, 2.05) is 37.3 Å². The highest BCUT2D eigenvalue weighted by Gasteiger charge is 2.21. The van der Waals surface area contributed by atoms with E-state index in [9.17, 15) is 9.18 Å². The summed E-state index contributed by atoms with van der Waals surface area (Å²) in [6.45, 7) is 4.31. The van der Waals surface area contributed by atoms with Gasteiger partial charge in [0.1, 0.15) is 11.6 Å². The van der Waals surface area contributed by atoms with Crippen LogP contribution in [-0.4, -0.2) is 17.5 Å². The third-order valence-electron chi connectivity index (χ3n) is 4.71. The van der Waals surface area contributed by atoms with Crippen molar-refractivity contribution >= 4 is 32.6 Å². The Hall–Kier alpha value is -3.25. The van der Waals surface area contributed by atoms with Gasteiger partial charge in [0, 0.05) is 0 Å². The summed E-state index contributed by atoms with van der Waals surface area (Å²) in [6.07, 6.45) is 0. The highest BCUT2D eigenvalue weighted by molar-refractivity contribution is 7.22. The Balaban J connectivity index is 1.63. The molecule has 4 rings (SSSR count). The number of carbonyl (C=O) groups is 1. The molecule has 0 aliphatic heterocycles. The third kappa shape index (κ3) is 4.49. The van der Waals surface area contributed by atoms with Gasteiger partial charge in [-0.2, -0.15) is 0 Å². The van der Waals surface area contributed by atoms with Gasteiger partial charge in [0.05, 0.1) is 16.8 Å². The molecule has 0 fully saturated rings. The smallest absolute Gasteiger partial charge is 0.267 e. The normalized spacial score (nSPS) is 10.9. The second-order valence-electron chi connectivity index (χ2n) is 7.13. The molecule has 30 heavy (non-hydrogen) atoms. The minimum Gasteiger partial charge on any atom is -0.484 e. The SMILES string of the molecule is Cc1cc(C)c2nc(N(Cc3ccccc3)C(=O)COc3ccc(F)cc3)sc2c1. The average molecular weight is 421 g/mol. The topological polar surface area (TPSA) is 42.4 Å². The Labute approximate surface area is 178 Å². The summed E-state index contributed by atoms with van der Waals surface area (Å²) in [4.78, 5) is 19.5. The Kier molecular flexibility index (Phi) is 5.77. The predicted molar refractivity (Wildman–Crippen MR) is 119 cm³/mol. The van der Waals surface area contributed by atoms with Crippen LogP contribution in [0.4, 0.5) is 9.52 Å². The lowest BCUT2D eigenvalue weighted by atomic mass is 10.1. The highest BCUT2D eigenvalue weighted by Crippen LogP contribution is 2.32. The number of hydrogen-bond acceptors (Lipinski definition) is 4. The Morgan fingerprint density at radius 2 is 1.80 bits per heavy atom. The number of anilines is 1. The van der Waals surface area contributed by atoms with E-state index in [0.29, 0.717) is 17.4 Å². The van der Waals surface area contributed by atoms with Crippen LogP contribution >= 0.6 is 11.3 Å². The van der Waals surface area contributed by atoms with Gasteiger partial charge in [0.15, 0.2) is 11.7 Å². The van der Waals surface area contributed by atoms with Crippen LogP contribution in [0.2, 0.25) is 0 Å². The maximum atomic E-state index is 13.1. The van der Waals surface area contributed by atoms with Crippen LogP contribution in [0.25, 0.3) is 10.2 Å². The maximum absolute atomic E-state index is 13.1. The molecule has 0 saturated heterocycles. The largest absolute Gasteiger partial charge is 0.484 e. The predicted octanol–water partition coefficient (Wildman–Crippen LogP) is 5.66. The molecule has 0 radical (unpaired) electrons. The van der Waals surface area contributed by atoms with Crippen molar-refractivity contribution in [1.29, 1.82) is 0 Å². The number of thiazole rings is 1. The van der Waals surface area contributed by atoms with Gasteiger partial charge < -0.3 is 4.74 Å². The van der Waals surface area contributed by atoms with E-state index in [1.54, 1.807) is 4.90 Å². The van der Waals surface area contributed by atoms with Gasteiger partial charge in [0.2, 0.25) is 0 Å². The monoisotopic (exact) mass is 420 g/mol. The summed E-state index contributed by atoms with van der Waals surface area (Å²) in [5.41, 5.74) is 4.16. The lowest BCUT2D eigenvalue weighted by molar-refractivity contribution is -0.120. The van der Waals surface area contributed by atoms with E-state index in [2.05, 4.69) is 19.1 Å². The second-order valence-corrected chi connectivity index (χ2v) is 8.14. The van der Waals surface area contributed by atoms with Gasteiger partial charge in [0.25, 0.3) is 5.91 Å². The minimum absolute atomic E-state index is 0.160. The van der Waals surface area contributed by atoms with E-state index in [0.717, 1.165) is 26.9 Å². The van der Waals surface area contributed by atoms with Gasteiger partial charge in [-0.05, 0) is 60.9 Å². The Morgan fingerprint density at radius 1 is 1.07 bits per heavy atom. The standard InChI is InChI=1S/C24H21FN2O2S/c1-16-12-17(2)23-21(13-16)30-24(26-23)27(14-18-6-4-3-5-7-18)22(28)15-29-20-10-8-19(25)9-11-20/h3-13H,14-15H2,1-2H3. The molecular formula is C24H21FN2O2S. The van der Waals surface area contributed by atoms with Crippen molar-refractivity contribution in [2.75, 3.05) is 11.5 Å². The number of rotatable bonds is 6. The summed E-state index contributed by atoms with van der Waals surface area (Å²) in [6, 6.07) is 19.6. The van der Waals surface area contributed by atoms with Crippen LogP contribution < -0.4 is 9.64 Å². The van der Waals surface area contributed by atoms with Gasteiger partial charge in [-0.3, -0.25) is 9.69 Å². The molecule has 1 aromatic heterocycles. The van der Waals surface area contributed by atoms with Gasteiger partial charge in [-0.25, -0.2) is 9.37 Å². The molecule has 4 nitrogen and oxygen atoms in total. The number of ether oxygens (including phenoxy) is 1. The third-order valence-corrected chi connectivity index (χ3v) is 5.74. The molecule has 0 saturated carbocycles. The number of aromatic nitrogens is 1. The zero-order chi connectivity index (χ0) is 21.1. The number of nitrogens with zero attached hydrogens (tertiary/aromatic N) is 2. The molecule has 6 heteroatoms. The van der Waals surface area contributed by atoms with Crippen molar-refractivity contribution in [3.8, 4) is 5.75 Å². The van der Waals surface area contributed by atoms with Gasteiger partial charge in [-0.1, -0.05) is 47.7 Å². The minimum atomic E-state index is -0.348. The fraction of sp³-hybridized carbons (Fsp3) is 0.167. The molecule has 0 aliphatic rings. The van der Waals surface area contributed by atoms with Crippen molar-refractivity contribution in [2.24, 2.45) is 0 Å². The zero-order valence-corrected chi connectivity index (χ0v) is 17.6. The molecule has 4 aromatic rings. The van der Waals surface area contributed by atoms with Crippen molar-refractivity contribution in [2.45, 2.75) is 20.4 Å². The van der Waals surface area contributed by atoms with Crippen LogP contribution in [0.3, 0.4) is 0 Å². The number of carbonyl (C=O) groups excluding carboxylic acids is 1. The first-order valence-electron chi connectivity index (χ1n) is 9.60. The van der Waals surface area contributed by atoms with Crippen LogP contribution in [0.1, 0.15) is 16.7 Å². The lowest BCUT2D eigenvalue weighted by Crippen LogP contribution is -2.34. The zero-order valence-electron chi connectivity index (χ0n) is 16.8. The van der Waals surface area contributed by atoms with E-state index in [1.165, 1.54) is 35.6 Å². The molecule has 0 aliphatic carbocycles. The molecule has 0 spiro atoms. The number of benzene rings is 3. The second kappa shape index (κ2) is 8.63. The van der Waals surface area contributed by atoms with E-state index in [4.69, 9.17) is 9.72 Å². The number of fused-ring (bicyclic) bond motifs is 1. The van der Waals surface area contributed by atoms with E-state index >= 15 is 0 Å². The lowest BCUT2D eigenvalue weighted by Gasteiger charge is -2.20. The maximum Gasteiger partial charge on any atom is 0.267 e. The average Bonchev–Trinajstić information content (AvgIpc) is 3.16. The van der Waals surface area contributed by atoms with Gasteiger partial charge in [-0.15, -0.1) is 0 Å². The van der Waals surface area contributed by atoms with Gasteiger partial charge >= 0.3 is 0 Å². The first-order chi connectivity index (χ1) is 14.5. The molecule has 0 bridgehead atoms. The van der Waals surface area contributed by atoms with Crippen LogP contribution in [0.15, 0.2) is 66.7 Å².